The number of amides is 1. The SMILES string of the molecule is COC(=O)C1=C(O)C(=Cc2ccc(OCC(=O)NC3CCCCC3)cc2)N=C1C. The van der Waals surface area contributed by atoms with E-state index >= 15 is 0 Å². The molecule has 0 bridgehead atoms. The minimum absolute atomic E-state index is 0.0214. The number of aliphatic hydroxyl groups excluding tert-OH is 1. The number of hydrogen-bond acceptors (Lipinski definition) is 6. The van der Waals surface area contributed by atoms with Gasteiger partial charge in [0.1, 0.15) is 17.0 Å². The number of aliphatic imine (C=N–C) groups is 1. The molecule has 0 unspecified atom stereocenters. The van der Waals surface area contributed by atoms with E-state index in [0.29, 0.717) is 17.2 Å². The maximum atomic E-state index is 12.0. The largest absolute Gasteiger partial charge is 0.505 e. The molecule has 1 aliphatic carbocycles. The van der Waals surface area contributed by atoms with E-state index in [-0.39, 0.29) is 29.9 Å². The monoisotopic (exact) mass is 398 g/mol. The normalized spacial score (nSPS) is 18.6. The number of esters is 1. The standard InChI is InChI=1S/C22H26N2O5/c1-14-20(22(27)28-2)21(26)18(23-14)12-15-8-10-17(11-9-15)29-13-19(25)24-16-6-4-3-5-7-16/h8-12,16,26H,3-7,13H2,1-2H3,(H,24,25). The van der Waals surface area contributed by atoms with Crippen LogP contribution in [0.3, 0.4) is 0 Å². The van der Waals surface area contributed by atoms with Crippen molar-refractivity contribution in [2.45, 2.75) is 45.1 Å². The number of nitrogens with one attached hydrogen (secondary N) is 1. The smallest absolute Gasteiger partial charge is 0.343 e. The second kappa shape index (κ2) is 9.41. The molecule has 0 spiro atoms. The van der Waals surface area contributed by atoms with Gasteiger partial charge in [0, 0.05) is 6.04 Å². The summed E-state index contributed by atoms with van der Waals surface area (Å²) in [4.78, 5) is 28.0. The highest BCUT2D eigenvalue weighted by atomic mass is 16.5. The van der Waals surface area contributed by atoms with Crippen molar-refractivity contribution in [3.63, 3.8) is 0 Å². The van der Waals surface area contributed by atoms with Gasteiger partial charge in [0.05, 0.1) is 12.8 Å². The van der Waals surface area contributed by atoms with Crippen LogP contribution in [-0.4, -0.2) is 42.5 Å². The summed E-state index contributed by atoms with van der Waals surface area (Å²) in [6, 6.07) is 7.33. The van der Waals surface area contributed by atoms with E-state index in [2.05, 4.69) is 15.0 Å². The number of aliphatic hydroxyl groups is 1. The molecule has 3 rings (SSSR count). The Labute approximate surface area is 170 Å². The van der Waals surface area contributed by atoms with Crippen LogP contribution in [0.2, 0.25) is 0 Å². The average molecular weight is 398 g/mol. The zero-order valence-electron chi connectivity index (χ0n) is 16.7. The van der Waals surface area contributed by atoms with Gasteiger partial charge in [0.15, 0.2) is 12.4 Å². The van der Waals surface area contributed by atoms with Crippen molar-refractivity contribution in [3.05, 3.63) is 46.9 Å². The molecule has 7 heteroatoms. The van der Waals surface area contributed by atoms with Crippen LogP contribution < -0.4 is 10.1 Å². The fraction of sp³-hybridized carbons (Fsp3) is 0.409. The van der Waals surface area contributed by atoms with Gasteiger partial charge < -0.3 is 19.9 Å². The van der Waals surface area contributed by atoms with Gasteiger partial charge >= 0.3 is 5.97 Å². The number of nitrogens with zero attached hydrogens (tertiary/aromatic N) is 1. The number of benzene rings is 1. The van der Waals surface area contributed by atoms with Crippen molar-refractivity contribution >= 4 is 23.7 Å². The molecule has 1 fully saturated rings. The number of rotatable bonds is 6. The summed E-state index contributed by atoms with van der Waals surface area (Å²) in [7, 11) is 1.26. The zero-order valence-corrected chi connectivity index (χ0v) is 16.7. The highest BCUT2D eigenvalue weighted by molar-refractivity contribution is 6.21. The minimum atomic E-state index is -0.623. The van der Waals surface area contributed by atoms with Gasteiger partial charge in [0.2, 0.25) is 0 Å². The molecule has 1 saturated carbocycles. The Morgan fingerprint density at radius 2 is 1.90 bits per heavy atom. The van der Waals surface area contributed by atoms with E-state index in [4.69, 9.17) is 4.74 Å². The summed E-state index contributed by atoms with van der Waals surface area (Å²) < 4.78 is 10.2. The van der Waals surface area contributed by atoms with Crippen LogP contribution in [0.5, 0.6) is 5.75 Å². The maximum absolute atomic E-state index is 12.0. The molecule has 2 N–H and O–H groups in total. The number of hydrogen-bond donors (Lipinski definition) is 2. The lowest BCUT2D eigenvalue weighted by molar-refractivity contribution is -0.135. The van der Waals surface area contributed by atoms with Gasteiger partial charge in [0.25, 0.3) is 5.91 Å². The number of carbonyl (C=O) groups excluding carboxylic acids is 2. The van der Waals surface area contributed by atoms with E-state index in [1.54, 1.807) is 37.3 Å². The molecular formula is C22H26N2O5. The van der Waals surface area contributed by atoms with Gasteiger partial charge in [-0.3, -0.25) is 4.79 Å². The lowest BCUT2D eigenvalue weighted by Gasteiger charge is -2.22. The zero-order chi connectivity index (χ0) is 20.8. The van der Waals surface area contributed by atoms with Gasteiger partial charge in [-0.2, -0.15) is 0 Å². The van der Waals surface area contributed by atoms with Crippen molar-refractivity contribution in [2.24, 2.45) is 4.99 Å². The summed E-state index contributed by atoms with van der Waals surface area (Å²) in [5.74, 6) is -0.354. The summed E-state index contributed by atoms with van der Waals surface area (Å²) in [5, 5.41) is 13.3. The van der Waals surface area contributed by atoms with E-state index in [1.165, 1.54) is 13.5 Å². The molecule has 0 saturated heterocycles. The summed E-state index contributed by atoms with van der Waals surface area (Å²) >= 11 is 0. The van der Waals surface area contributed by atoms with Crippen molar-refractivity contribution in [2.75, 3.05) is 13.7 Å². The first-order valence-corrected chi connectivity index (χ1v) is 9.79. The van der Waals surface area contributed by atoms with Crippen LogP contribution in [0.4, 0.5) is 0 Å². The van der Waals surface area contributed by atoms with Crippen LogP contribution in [0.15, 0.2) is 46.3 Å². The summed E-state index contributed by atoms with van der Waals surface area (Å²) in [6.45, 7) is 1.62. The van der Waals surface area contributed by atoms with E-state index in [1.807, 2.05) is 0 Å². The highest BCUT2D eigenvalue weighted by Crippen LogP contribution is 2.26. The Kier molecular flexibility index (Phi) is 6.69. The summed E-state index contributed by atoms with van der Waals surface area (Å²) in [6.07, 6.45) is 7.31. The molecular weight excluding hydrogens is 372 g/mol. The van der Waals surface area contributed by atoms with Gasteiger partial charge in [-0.25, -0.2) is 9.79 Å². The van der Waals surface area contributed by atoms with Gasteiger partial charge in [-0.1, -0.05) is 31.4 Å². The van der Waals surface area contributed by atoms with Crippen molar-refractivity contribution in [1.82, 2.24) is 5.32 Å². The number of methoxy groups -OCH3 is 1. The molecule has 29 heavy (non-hydrogen) atoms. The second-order valence-electron chi connectivity index (χ2n) is 7.20. The predicted octanol–water partition coefficient (Wildman–Crippen LogP) is 3.31. The quantitative estimate of drug-likeness (QED) is 0.717. The fourth-order valence-corrected chi connectivity index (χ4v) is 3.52. The molecule has 154 valence electrons. The van der Waals surface area contributed by atoms with Crippen LogP contribution in [-0.2, 0) is 14.3 Å². The van der Waals surface area contributed by atoms with E-state index < -0.39 is 5.97 Å². The Bertz CT molecular complexity index is 862. The Morgan fingerprint density at radius 3 is 2.55 bits per heavy atom. The first-order chi connectivity index (χ1) is 14.0. The Balaban J connectivity index is 1.58. The Hall–Kier alpha value is -3.09. The molecule has 1 aromatic carbocycles. The number of ether oxygens (including phenoxy) is 2. The maximum Gasteiger partial charge on any atom is 0.343 e. The van der Waals surface area contributed by atoms with Crippen molar-refractivity contribution in [1.29, 1.82) is 0 Å². The van der Waals surface area contributed by atoms with Crippen molar-refractivity contribution in [3.8, 4) is 5.75 Å². The molecule has 0 atom stereocenters. The average Bonchev–Trinajstić information content (AvgIpc) is 3.00. The number of carbonyl (C=O) groups is 2. The third kappa shape index (κ3) is 5.25. The third-order valence-electron chi connectivity index (χ3n) is 5.04. The van der Waals surface area contributed by atoms with Gasteiger partial charge in [-0.05, 0) is 43.5 Å². The Morgan fingerprint density at radius 1 is 1.21 bits per heavy atom. The molecule has 0 radical (unpaired) electrons. The fourth-order valence-electron chi connectivity index (χ4n) is 3.52. The van der Waals surface area contributed by atoms with Crippen LogP contribution in [0.25, 0.3) is 6.08 Å². The molecule has 1 aliphatic heterocycles. The van der Waals surface area contributed by atoms with E-state index in [0.717, 1.165) is 31.2 Å². The molecule has 7 nitrogen and oxygen atoms in total. The topological polar surface area (TPSA) is 97.2 Å². The molecule has 1 aromatic rings. The molecule has 1 amide bonds. The highest BCUT2D eigenvalue weighted by Gasteiger charge is 2.27. The third-order valence-corrected chi connectivity index (χ3v) is 5.04. The molecule has 0 aromatic heterocycles. The van der Waals surface area contributed by atoms with Crippen LogP contribution >= 0.6 is 0 Å². The van der Waals surface area contributed by atoms with E-state index in [9.17, 15) is 14.7 Å². The first-order valence-electron chi connectivity index (χ1n) is 9.79. The van der Waals surface area contributed by atoms with Crippen LogP contribution in [0, 0.1) is 0 Å². The molecule has 2 aliphatic rings. The predicted molar refractivity (Wildman–Crippen MR) is 110 cm³/mol. The van der Waals surface area contributed by atoms with Crippen LogP contribution in [0.1, 0.15) is 44.6 Å². The molecule has 1 heterocycles. The second-order valence-corrected chi connectivity index (χ2v) is 7.20. The van der Waals surface area contributed by atoms with Gasteiger partial charge in [-0.15, -0.1) is 0 Å². The van der Waals surface area contributed by atoms with Crippen molar-refractivity contribution < 1.29 is 24.2 Å². The first kappa shape index (κ1) is 20.6. The minimum Gasteiger partial charge on any atom is -0.505 e. The summed E-state index contributed by atoms with van der Waals surface area (Å²) in [5.41, 5.74) is 1.55. The lowest BCUT2D eigenvalue weighted by atomic mass is 9.95. The lowest BCUT2D eigenvalue weighted by Crippen LogP contribution is -2.38.